The predicted molar refractivity (Wildman–Crippen MR) is 68.2 cm³/mol. The van der Waals surface area contributed by atoms with Crippen molar-refractivity contribution in [3.63, 3.8) is 0 Å². The Bertz CT molecular complexity index is 472. The minimum atomic E-state index is -1.17. The van der Waals surface area contributed by atoms with E-state index in [0.29, 0.717) is 0 Å². The fourth-order valence-corrected chi connectivity index (χ4v) is 1.71. The number of carbonyl (C=O) groups is 2. The van der Waals surface area contributed by atoms with E-state index in [2.05, 4.69) is 5.32 Å². The van der Waals surface area contributed by atoms with E-state index in [1.165, 1.54) is 0 Å². The molecule has 0 aliphatic heterocycles. The van der Waals surface area contributed by atoms with Gasteiger partial charge in [0.15, 0.2) is 0 Å². The largest absolute Gasteiger partial charge is 0.496 e. The lowest BCUT2D eigenvalue weighted by atomic mass is 10.1. The molecule has 19 heavy (non-hydrogen) atoms. The lowest BCUT2D eigenvalue weighted by Gasteiger charge is -2.13. The van der Waals surface area contributed by atoms with Gasteiger partial charge in [-0.25, -0.2) is 0 Å². The number of benzene rings is 1. The van der Waals surface area contributed by atoms with Gasteiger partial charge in [0.2, 0.25) is 0 Å². The highest BCUT2D eigenvalue weighted by Gasteiger charge is 2.20. The van der Waals surface area contributed by atoms with E-state index in [0.717, 1.165) is 16.9 Å². The van der Waals surface area contributed by atoms with Crippen molar-refractivity contribution in [1.82, 2.24) is 5.32 Å². The van der Waals surface area contributed by atoms with Gasteiger partial charge in [-0.05, 0) is 24.1 Å². The Labute approximate surface area is 111 Å². The van der Waals surface area contributed by atoms with Crippen LogP contribution in [0.25, 0.3) is 0 Å². The number of rotatable bonds is 7. The molecule has 0 bridgehead atoms. The van der Waals surface area contributed by atoms with Gasteiger partial charge in [0.05, 0.1) is 13.5 Å². The maximum Gasteiger partial charge on any atom is 0.321 e. The molecule has 0 aliphatic rings. The first-order chi connectivity index (χ1) is 8.93. The minimum Gasteiger partial charge on any atom is -0.496 e. The molecule has 0 aromatic heterocycles. The zero-order valence-electron chi connectivity index (χ0n) is 10.8. The molecule has 6 nitrogen and oxygen atoms in total. The summed E-state index contributed by atoms with van der Waals surface area (Å²) >= 11 is 0. The molecule has 1 atom stereocenters. The minimum absolute atomic E-state index is 0.287. The van der Waals surface area contributed by atoms with Gasteiger partial charge in [0.25, 0.3) is 0 Å². The second-order valence-corrected chi connectivity index (χ2v) is 4.17. The van der Waals surface area contributed by atoms with Crippen LogP contribution < -0.4 is 10.1 Å². The average Bonchev–Trinajstić information content (AvgIpc) is 2.34. The molecule has 1 aromatic carbocycles. The Morgan fingerprint density at radius 3 is 2.53 bits per heavy atom. The third-order valence-electron chi connectivity index (χ3n) is 2.69. The van der Waals surface area contributed by atoms with Crippen molar-refractivity contribution >= 4 is 11.9 Å². The van der Waals surface area contributed by atoms with Crippen LogP contribution >= 0.6 is 0 Å². The van der Waals surface area contributed by atoms with Gasteiger partial charge in [-0.3, -0.25) is 14.9 Å². The monoisotopic (exact) mass is 267 g/mol. The first kappa shape index (κ1) is 15.0. The van der Waals surface area contributed by atoms with Gasteiger partial charge in [-0.1, -0.05) is 12.1 Å². The van der Waals surface area contributed by atoms with Crippen LogP contribution in [0, 0.1) is 6.92 Å². The lowest BCUT2D eigenvalue weighted by molar-refractivity contribution is -0.146. The van der Waals surface area contributed by atoms with E-state index >= 15 is 0 Å². The van der Waals surface area contributed by atoms with Crippen molar-refractivity contribution in [3.05, 3.63) is 29.3 Å². The number of ether oxygens (including phenoxy) is 1. The molecule has 0 spiro atoms. The highest BCUT2D eigenvalue weighted by atomic mass is 16.5. The third-order valence-corrected chi connectivity index (χ3v) is 2.69. The van der Waals surface area contributed by atoms with Gasteiger partial charge in [0.1, 0.15) is 11.8 Å². The number of aliphatic carboxylic acids is 2. The summed E-state index contributed by atoms with van der Waals surface area (Å²) in [7, 11) is 1.58. The third kappa shape index (κ3) is 4.59. The highest BCUT2D eigenvalue weighted by Crippen LogP contribution is 2.18. The van der Waals surface area contributed by atoms with Crippen LogP contribution in [0.3, 0.4) is 0 Å². The molecule has 0 radical (unpaired) electrons. The van der Waals surface area contributed by atoms with Gasteiger partial charge in [-0.15, -0.1) is 0 Å². The lowest BCUT2D eigenvalue weighted by Crippen LogP contribution is -2.38. The number of aryl methyl sites for hydroxylation is 1. The van der Waals surface area contributed by atoms with E-state index in [-0.39, 0.29) is 6.54 Å². The number of carboxylic acids is 2. The number of methoxy groups -OCH3 is 1. The molecular weight excluding hydrogens is 250 g/mol. The molecule has 1 rings (SSSR count). The van der Waals surface area contributed by atoms with Gasteiger partial charge < -0.3 is 14.9 Å². The summed E-state index contributed by atoms with van der Waals surface area (Å²) in [4.78, 5) is 21.4. The summed E-state index contributed by atoms with van der Waals surface area (Å²) in [5.74, 6) is -1.57. The first-order valence-corrected chi connectivity index (χ1v) is 5.75. The van der Waals surface area contributed by atoms with E-state index < -0.39 is 24.4 Å². The molecule has 0 amide bonds. The van der Waals surface area contributed by atoms with Crippen LogP contribution in [0.5, 0.6) is 5.75 Å². The number of hydrogen-bond acceptors (Lipinski definition) is 4. The van der Waals surface area contributed by atoms with E-state index in [9.17, 15) is 9.59 Å². The van der Waals surface area contributed by atoms with Crippen molar-refractivity contribution in [3.8, 4) is 5.75 Å². The van der Waals surface area contributed by atoms with Crippen molar-refractivity contribution in [1.29, 1.82) is 0 Å². The Morgan fingerprint density at radius 1 is 1.37 bits per heavy atom. The van der Waals surface area contributed by atoms with E-state index in [1.54, 1.807) is 19.2 Å². The summed E-state index contributed by atoms with van der Waals surface area (Å²) < 4.78 is 5.12. The molecule has 1 unspecified atom stereocenters. The highest BCUT2D eigenvalue weighted by molar-refractivity contribution is 5.80. The maximum absolute atomic E-state index is 10.9. The number of carboxylic acid groups (broad SMARTS) is 2. The van der Waals surface area contributed by atoms with Crippen LogP contribution in [0.1, 0.15) is 17.5 Å². The molecule has 1 aromatic rings. The van der Waals surface area contributed by atoms with Gasteiger partial charge >= 0.3 is 11.9 Å². The van der Waals surface area contributed by atoms with Crippen LogP contribution in [0.15, 0.2) is 18.2 Å². The van der Waals surface area contributed by atoms with E-state index in [4.69, 9.17) is 14.9 Å². The second-order valence-electron chi connectivity index (χ2n) is 4.17. The molecule has 0 saturated carbocycles. The smallest absolute Gasteiger partial charge is 0.321 e. The van der Waals surface area contributed by atoms with Crippen molar-refractivity contribution in [2.45, 2.75) is 25.9 Å². The zero-order valence-corrected chi connectivity index (χ0v) is 10.8. The Morgan fingerprint density at radius 2 is 2.05 bits per heavy atom. The summed E-state index contributed by atoms with van der Waals surface area (Å²) in [5, 5.41) is 20.2. The fraction of sp³-hybridized carbons (Fsp3) is 0.385. The van der Waals surface area contributed by atoms with Crippen molar-refractivity contribution in [2.75, 3.05) is 7.11 Å². The summed E-state index contributed by atoms with van der Waals surface area (Å²) in [6, 6.07) is 4.36. The van der Waals surface area contributed by atoms with Crippen LogP contribution in [-0.2, 0) is 16.1 Å². The van der Waals surface area contributed by atoms with Crippen LogP contribution in [0.2, 0.25) is 0 Å². The normalized spacial score (nSPS) is 11.9. The second kappa shape index (κ2) is 6.75. The number of nitrogens with one attached hydrogen (secondary N) is 1. The van der Waals surface area contributed by atoms with E-state index in [1.807, 2.05) is 13.0 Å². The topological polar surface area (TPSA) is 95.9 Å². The molecule has 104 valence electrons. The molecule has 6 heteroatoms. The SMILES string of the molecule is COc1ccc(CNC(CC(=O)O)C(=O)O)cc1C. The van der Waals surface area contributed by atoms with Crippen LogP contribution in [0.4, 0.5) is 0 Å². The fourth-order valence-electron chi connectivity index (χ4n) is 1.71. The quantitative estimate of drug-likeness (QED) is 0.682. The average molecular weight is 267 g/mol. The molecule has 0 heterocycles. The zero-order chi connectivity index (χ0) is 14.4. The maximum atomic E-state index is 10.9. The standard InChI is InChI=1S/C13H17NO5/c1-8-5-9(3-4-11(8)19-2)7-14-10(13(17)18)6-12(15)16/h3-5,10,14H,6-7H2,1-2H3,(H,15,16)(H,17,18). The van der Waals surface area contributed by atoms with Crippen molar-refractivity contribution in [2.24, 2.45) is 0 Å². The first-order valence-electron chi connectivity index (χ1n) is 5.75. The predicted octanol–water partition coefficient (Wildman–Crippen LogP) is 1.02. The molecule has 0 aliphatic carbocycles. The molecule has 0 fully saturated rings. The Balaban J connectivity index is 2.66. The summed E-state index contributed by atoms with van der Waals surface area (Å²) in [6.45, 7) is 2.17. The number of hydrogen-bond donors (Lipinski definition) is 3. The molecular formula is C13H17NO5. The molecule has 3 N–H and O–H groups in total. The summed E-state index contributed by atoms with van der Waals surface area (Å²) in [6.07, 6.45) is -0.454. The van der Waals surface area contributed by atoms with Gasteiger partial charge in [0, 0.05) is 6.54 Å². The Kier molecular flexibility index (Phi) is 5.32. The van der Waals surface area contributed by atoms with Crippen LogP contribution in [-0.4, -0.2) is 35.3 Å². The molecule has 0 saturated heterocycles. The van der Waals surface area contributed by atoms with Crippen molar-refractivity contribution < 1.29 is 24.5 Å². The summed E-state index contributed by atoms with van der Waals surface area (Å²) in [5.41, 5.74) is 1.81. The Hall–Kier alpha value is -2.08. The van der Waals surface area contributed by atoms with Gasteiger partial charge in [-0.2, -0.15) is 0 Å².